The molecule has 1 aliphatic heterocycles. The zero-order valence-corrected chi connectivity index (χ0v) is 16.6. The third-order valence-electron chi connectivity index (χ3n) is 5.53. The number of carbonyl (C=O) groups excluding carboxylic acids is 1. The molecule has 1 saturated heterocycles. The Bertz CT molecular complexity index is 1050. The van der Waals surface area contributed by atoms with Crippen LogP contribution in [-0.2, 0) is 6.42 Å². The van der Waals surface area contributed by atoms with Crippen LogP contribution in [0.3, 0.4) is 0 Å². The van der Waals surface area contributed by atoms with E-state index in [1.54, 1.807) is 0 Å². The largest absolute Gasteiger partial charge is 0.355 e. The predicted octanol–water partition coefficient (Wildman–Crippen LogP) is 3.49. The van der Waals surface area contributed by atoms with E-state index >= 15 is 0 Å². The molecule has 1 fully saturated rings. The molecule has 0 spiro atoms. The smallest absolute Gasteiger partial charge is 0.251 e. The number of imidazole rings is 1. The fourth-order valence-electron chi connectivity index (χ4n) is 4.04. The molecule has 0 unspecified atom stereocenters. The summed E-state index contributed by atoms with van der Waals surface area (Å²) in [5, 5.41) is 5.78. The van der Waals surface area contributed by atoms with Gasteiger partial charge >= 0.3 is 0 Å². The van der Waals surface area contributed by atoms with Crippen molar-refractivity contribution in [2.24, 2.45) is 5.92 Å². The second kappa shape index (κ2) is 7.91. The molecule has 3 heterocycles. The van der Waals surface area contributed by atoms with Gasteiger partial charge in [-0.1, -0.05) is 0 Å². The third kappa shape index (κ3) is 3.74. The molecule has 2 aromatic heterocycles. The third-order valence-corrected chi connectivity index (χ3v) is 5.53. The van der Waals surface area contributed by atoms with E-state index in [0.29, 0.717) is 23.7 Å². The number of benzene rings is 1. The number of pyridine rings is 1. The van der Waals surface area contributed by atoms with Crippen LogP contribution in [0.4, 0.5) is 8.78 Å². The number of carbonyl (C=O) groups is 1. The van der Waals surface area contributed by atoms with E-state index in [-0.39, 0.29) is 11.1 Å². The molecule has 0 aliphatic carbocycles. The summed E-state index contributed by atoms with van der Waals surface area (Å²) < 4.78 is 31.9. The number of nitrogens with zero attached hydrogens (tertiary/aromatic N) is 2. The standard InChI is InChI=1S/C22H24F2N4O/c1-13-5-7-28-18(9-14-4-3-6-26-12-14)21(27-19(28)8-13)20-16(23)10-15(11-17(20)24)22(29)25-2/h5,7-8,10-11,14,26H,3-4,6,9,12H2,1-2H3,(H,25,29)/t14-/m1/s1. The van der Waals surface area contributed by atoms with Crippen molar-refractivity contribution in [1.82, 2.24) is 20.0 Å². The minimum Gasteiger partial charge on any atom is -0.355 e. The molecule has 1 atom stereocenters. The molecular weight excluding hydrogens is 374 g/mol. The average Bonchev–Trinajstić information content (AvgIpc) is 3.04. The van der Waals surface area contributed by atoms with Crippen molar-refractivity contribution in [3.8, 4) is 11.3 Å². The van der Waals surface area contributed by atoms with Crippen LogP contribution >= 0.6 is 0 Å². The number of hydrogen-bond donors (Lipinski definition) is 2. The maximum Gasteiger partial charge on any atom is 0.251 e. The summed E-state index contributed by atoms with van der Waals surface area (Å²) in [5.41, 5.74) is 2.55. The van der Waals surface area contributed by atoms with Crippen molar-refractivity contribution < 1.29 is 13.6 Å². The van der Waals surface area contributed by atoms with Crippen LogP contribution in [0.1, 0.15) is 34.5 Å². The Morgan fingerprint density at radius 3 is 2.72 bits per heavy atom. The molecule has 2 N–H and O–H groups in total. The van der Waals surface area contributed by atoms with E-state index in [1.807, 2.05) is 29.7 Å². The highest BCUT2D eigenvalue weighted by molar-refractivity contribution is 5.94. The number of aromatic nitrogens is 2. The highest BCUT2D eigenvalue weighted by Gasteiger charge is 2.25. The maximum absolute atomic E-state index is 15.0. The molecule has 29 heavy (non-hydrogen) atoms. The van der Waals surface area contributed by atoms with Crippen molar-refractivity contribution in [2.75, 3.05) is 20.1 Å². The second-order valence-electron chi connectivity index (χ2n) is 7.65. The molecule has 0 radical (unpaired) electrons. The molecule has 3 aromatic rings. The average molecular weight is 398 g/mol. The molecule has 7 heteroatoms. The molecular formula is C22H24F2N4O. The van der Waals surface area contributed by atoms with Gasteiger partial charge in [0.15, 0.2) is 0 Å². The van der Waals surface area contributed by atoms with Crippen LogP contribution in [0.15, 0.2) is 30.5 Å². The predicted molar refractivity (Wildman–Crippen MR) is 108 cm³/mol. The number of fused-ring (bicyclic) bond motifs is 1. The van der Waals surface area contributed by atoms with Crippen LogP contribution in [0, 0.1) is 24.5 Å². The van der Waals surface area contributed by atoms with Gasteiger partial charge in [-0.05, 0) is 75.0 Å². The van der Waals surface area contributed by atoms with E-state index in [9.17, 15) is 13.6 Å². The van der Waals surface area contributed by atoms with E-state index < -0.39 is 17.5 Å². The van der Waals surface area contributed by atoms with Gasteiger partial charge in [0.2, 0.25) is 0 Å². The van der Waals surface area contributed by atoms with Crippen LogP contribution in [-0.4, -0.2) is 35.4 Å². The lowest BCUT2D eigenvalue weighted by molar-refractivity contribution is 0.0962. The maximum atomic E-state index is 15.0. The number of piperidine rings is 1. The second-order valence-corrected chi connectivity index (χ2v) is 7.65. The van der Waals surface area contributed by atoms with Crippen molar-refractivity contribution in [1.29, 1.82) is 0 Å². The number of halogens is 2. The van der Waals surface area contributed by atoms with Crippen molar-refractivity contribution in [3.05, 3.63) is 58.9 Å². The highest BCUT2D eigenvalue weighted by atomic mass is 19.1. The Kier molecular flexibility index (Phi) is 5.32. The van der Waals surface area contributed by atoms with Gasteiger partial charge in [-0.15, -0.1) is 0 Å². The van der Waals surface area contributed by atoms with E-state index in [4.69, 9.17) is 0 Å². The Labute approximate surface area is 168 Å². The van der Waals surface area contributed by atoms with Gasteiger partial charge in [-0.3, -0.25) is 4.79 Å². The van der Waals surface area contributed by atoms with Gasteiger partial charge in [0, 0.05) is 18.8 Å². The van der Waals surface area contributed by atoms with E-state index in [0.717, 1.165) is 49.3 Å². The Morgan fingerprint density at radius 2 is 2.07 bits per heavy atom. The molecule has 1 aromatic carbocycles. The fourth-order valence-corrected chi connectivity index (χ4v) is 4.04. The van der Waals surface area contributed by atoms with Gasteiger partial charge in [-0.2, -0.15) is 0 Å². The summed E-state index contributed by atoms with van der Waals surface area (Å²) in [4.78, 5) is 16.4. The van der Waals surface area contributed by atoms with E-state index in [2.05, 4.69) is 15.6 Å². The normalized spacial score (nSPS) is 16.9. The van der Waals surface area contributed by atoms with Crippen LogP contribution in [0.2, 0.25) is 0 Å². The summed E-state index contributed by atoms with van der Waals surface area (Å²) >= 11 is 0. The monoisotopic (exact) mass is 398 g/mol. The first-order valence-electron chi connectivity index (χ1n) is 9.87. The fraction of sp³-hybridized carbons (Fsp3) is 0.364. The first kappa shape index (κ1) is 19.5. The van der Waals surface area contributed by atoms with Gasteiger partial charge in [0.05, 0.1) is 17.0 Å². The molecule has 4 rings (SSSR count). The minimum atomic E-state index is -0.785. The lowest BCUT2D eigenvalue weighted by Crippen LogP contribution is -2.31. The van der Waals surface area contributed by atoms with E-state index in [1.165, 1.54) is 7.05 Å². The zero-order chi connectivity index (χ0) is 20.5. The minimum absolute atomic E-state index is 0.0520. The van der Waals surface area contributed by atoms with Crippen LogP contribution < -0.4 is 10.6 Å². The van der Waals surface area contributed by atoms with Crippen molar-refractivity contribution in [3.63, 3.8) is 0 Å². The summed E-state index contributed by atoms with van der Waals surface area (Å²) in [7, 11) is 1.42. The quantitative estimate of drug-likeness (QED) is 0.707. The first-order valence-corrected chi connectivity index (χ1v) is 9.87. The SMILES string of the molecule is CNC(=O)c1cc(F)c(-c2nc3cc(C)ccn3c2C[C@H]2CCCNC2)c(F)c1. The number of nitrogens with one attached hydrogen (secondary N) is 2. The number of rotatable bonds is 4. The summed E-state index contributed by atoms with van der Waals surface area (Å²) in [5.74, 6) is -1.73. The van der Waals surface area contributed by atoms with Gasteiger partial charge in [0.25, 0.3) is 5.91 Å². The summed E-state index contributed by atoms with van der Waals surface area (Å²) in [6.07, 6.45) is 4.72. The number of hydrogen-bond acceptors (Lipinski definition) is 3. The number of amides is 1. The van der Waals surface area contributed by atoms with Crippen LogP contribution in [0.25, 0.3) is 16.9 Å². The summed E-state index contributed by atoms with van der Waals surface area (Å²) in [6.45, 7) is 3.83. The molecule has 0 saturated carbocycles. The number of aryl methyl sites for hydroxylation is 1. The lowest BCUT2D eigenvalue weighted by Gasteiger charge is -2.23. The van der Waals surface area contributed by atoms with Gasteiger partial charge < -0.3 is 15.0 Å². The van der Waals surface area contributed by atoms with Crippen LogP contribution in [0.5, 0.6) is 0 Å². The molecule has 1 aliphatic rings. The molecule has 0 bridgehead atoms. The topological polar surface area (TPSA) is 58.4 Å². The van der Waals surface area contributed by atoms with Crippen molar-refractivity contribution >= 4 is 11.6 Å². The molecule has 5 nitrogen and oxygen atoms in total. The molecule has 152 valence electrons. The Morgan fingerprint density at radius 1 is 1.31 bits per heavy atom. The van der Waals surface area contributed by atoms with Gasteiger partial charge in [-0.25, -0.2) is 13.8 Å². The zero-order valence-electron chi connectivity index (χ0n) is 16.6. The summed E-state index contributed by atoms with van der Waals surface area (Å²) in [6, 6.07) is 6.00. The molecule has 1 amide bonds. The Hall–Kier alpha value is -2.80. The Balaban J connectivity index is 1.86. The highest BCUT2D eigenvalue weighted by Crippen LogP contribution is 2.32. The first-order chi connectivity index (χ1) is 14.0. The van der Waals surface area contributed by atoms with Crippen molar-refractivity contribution in [2.45, 2.75) is 26.2 Å². The van der Waals surface area contributed by atoms with Gasteiger partial charge in [0.1, 0.15) is 17.3 Å². The lowest BCUT2D eigenvalue weighted by atomic mass is 9.92.